The molecule has 0 spiro atoms. The Morgan fingerprint density at radius 1 is 1.24 bits per heavy atom. The van der Waals surface area contributed by atoms with Crippen LogP contribution >= 0.6 is 12.2 Å². The van der Waals surface area contributed by atoms with Crippen LogP contribution in [-0.4, -0.2) is 29.1 Å². The van der Waals surface area contributed by atoms with Crippen molar-refractivity contribution in [2.75, 3.05) is 18.0 Å². The lowest BCUT2D eigenvalue weighted by atomic mass is 10.1. The quantitative estimate of drug-likeness (QED) is 0.704. The van der Waals surface area contributed by atoms with Crippen molar-refractivity contribution in [2.45, 2.75) is 32.9 Å². The molecule has 3 rings (SSSR count). The number of hydrogen-bond acceptors (Lipinski definition) is 2. The van der Waals surface area contributed by atoms with E-state index >= 15 is 0 Å². The van der Waals surface area contributed by atoms with Crippen LogP contribution in [0.5, 0.6) is 0 Å². The lowest BCUT2D eigenvalue weighted by molar-refractivity contribution is 0.329. The Kier molecular flexibility index (Phi) is 2.68. The van der Waals surface area contributed by atoms with Gasteiger partial charge >= 0.3 is 0 Å². The van der Waals surface area contributed by atoms with Gasteiger partial charge in [-0.15, -0.1) is 0 Å². The molecule has 0 amide bonds. The van der Waals surface area contributed by atoms with Crippen molar-refractivity contribution < 1.29 is 0 Å². The molecule has 0 N–H and O–H groups in total. The second-order valence-corrected chi connectivity index (χ2v) is 5.57. The van der Waals surface area contributed by atoms with E-state index in [1.807, 2.05) is 0 Å². The number of hydrogen-bond donors (Lipinski definition) is 0. The maximum absolute atomic E-state index is 5.58. The highest BCUT2D eigenvalue weighted by Crippen LogP contribution is 2.35. The lowest BCUT2D eigenvalue weighted by Gasteiger charge is -2.28. The van der Waals surface area contributed by atoms with Gasteiger partial charge in [-0.25, -0.2) is 0 Å². The minimum absolute atomic E-state index is 0.516. The molecule has 2 aliphatic heterocycles. The van der Waals surface area contributed by atoms with E-state index in [9.17, 15) is 0 Å². The Morgan fingerprint density at radius 2 is 1.94 bits per heavy atom. The number of fused-ring (bicyclic) bond motifs is 1. The van der Waals surface area contributed by atoms with Crippen LogP contribution in [0.15, 0.2) is 18.2 Å². The highest BCUT2D eigenvalue weighted by molar-refractivity contribution is 7.80. The van der Waals surface area contributed by atoms with Crippen molar-refractivity contribution in [3.8, 4) is 0 Å². The average Bonchev–Trinajstić information content (AvgIpc) is 2.81. The highest BCUT2D eigenvalue weighted by atomic mass is 32.1. The minimum Gasteiger partial charge on any atom is -0.318 e. The average molecular weight is 246 g/mol. The molecule has 2 heterocycles. The molecule has 1 atom stereocenters. The molecule has 3 heteroatoms. The third kappa shape index (κ3) is 1.69. The first-order chi connectivity index (χ1) is 8.18. The van der Waals surface area contributed by atoms with Crippen molar-refractivity contribution in [1.29, 1.82) is 0 Å². The van der Waals surface area contributed by atoms with Crippen molar-refractivity contribution in [1.82, 2.24) is 4.90 Å². The fraction of sp³-hybridized carbons (Fsp3) is 0.500. The van der Waals surface area contributed by atoms with Crippen LogP contribution in [0.25, 0.3) is 0 Å². The number of rotatable bonds is 1. The second kappa shape index (κ2) is 4.07. The van der Waals surface area contributed by atoms with Crippen LogP contribution in [0.4, 0.5) is 5.69 Å². The van der Waals surface area contributed by atoms with E-state index < -0.39 is 0 Å². The monoisotopic (exact) mass is 246 g/mol. The van der Waals surface area contributed by atoms with E-state index in [2.05, 4.69) is 41.8 Å². The minimum atomic E-state index is 0.516. The van der Waals surface area contributed by atoms with Gasteiger partial charge in [0.25, 0.3) is 0 Å². The molecule has 2 nitrogen and oxygen atoms in total. The smallest absolute Gasteiger partial charge is 0.0980 e. The molecule has 0 saturated carbocycles. The predicted octanol–water partition coefficient (Wildman–Crippen LogP) is 2.87. The summed E-state index contributed by atoms with van der Waals surface area (Å²) < 4.78 is 0. The fourth-order valence-electron chi connectivity index (χ4n) is 3.16. The molecular weight excluding hydrogens is 228 g/mol. The van der Waals surface area contributed by atoms with Crippen LogP contribution in [0.2, 0.25) is 0 Å². The number of benzene rings is 1. The first-order valence-electron chi connectivity index (χ1n) is 6.31. The predicted molar refractivity (Wildman–Crippen MR) is 75.6 cm³/mol. The number of thiocarbonyl (C=S) groups is 1. The van der Waals surface area contributed by atoms with E-state index in [1.165, 1.54) is 36.2 Å². The molecule has 1 aromatic rings. The molecule has 2 fully saturated rings. The Balaban J connectivity index is 2.06. The largest absolute Gasteiger partial charge is 0.318 e. The van der Waals surface area contributed by atoms with E-state index in [-0.39, 0.29) is 0 Å². The molecular formula is C14H18N2S. The molecule has 90 valence electrons. The molecule has 1 aromatic carbocycles. The maximum Gasteiger partial charge on any atom is 0.0980 e. The Hall–Kier alpha value is -0.930. The summed E-state index contributed by atoms with van der Waals surface area (Å²) in [5.74, 6) is 0. The first kappa shape index (κ1) is 11.2. The third-order valence-corrected chi connectivity index (χ3v) is 4.24. The zero-order chi connectivity index (χ0) is 12.0. The Labute approximate surface area is 108 Å². The molecule has 2 aliphatic rings. The SMILES string of the molecule is Cc1cccc(C)c1N1C(=S)CN2CCCC21. The standard InChI is InChI=1S/C14H18N2S/c1-10-5-3-6-11(2)14(10)16-12-7-4-8-15(12)9-13(16)17/h3,5-6,12H,4,7-9H2,1-2H3. The van der Waals surface area contributed by atoms with Gasteiger partial charge < -0.3 is 4.90 Å². The van der Waals surface area contributed by atoms with Crippen molar-refractivity contribution in [2.24, 2.45) is 0 Å². The van der Waals surface area contributed by atoms with Crippen LogP contribution in [0.1, 0.15) is 24.0 Å². The highest BCUT2D eigenvalue weighted by Gasteiger charge is 2.39. The van der Waals surface area contributed by atoms with Crippen LogP contribution in [0.3, 0.4) is 0 Å². The van der Waals surface area contributed by atoms with Crippen molar-refractivity contribution in [3.63, 3.8) is 0 Å². The molecule has 1 unspecified atom stereocenters. The summed E-state index contributed by atoms with van der Waals surface area (Å²) in [4.78, 5) is 5.99. The van der Waals surface area contributed by atoms with Crippen molar-refractivity contribution >= 4 is 22.9 Å². The van der Waals surface area contributed by atoms with E-state index in [4.69, 9.17) is 12.2 Å². The Bertz CT molecular complexity index is 449. The van der Waals surface area contributed by atoms with Gasteiger partial charge in [-0.05, 0) is 37.8 Å². The second-order valence-electron chi connectivity index (χ2n) is 5.10. The van der Waals surface area contributed by atoms with E-state index in [1.54, 1.807) is 0 Å². The van der Waals surface area contributed by atoms with Crippen molar-refractivity contribution in [3.05, 3.63) is 29.3 Å². The molecule has 0 aromatic heterocycles. The fourth-order valence-corrected chi connectivity index (χ4v) is 3.54. The zero-order valence-corrected chi connectivity index (χ0v) is 11.3. The molecule has 0 aliphatic carbocycles. The van der Waals surface area contributed by atoms with Gasteiger partial charge in [-0.1, -0.05) is 30.4 Å². The van der Waals surface area contributed by atoms with Crippen LogP contribution in [0, 0.1) is 13.8 Å². The lowest BCUT2D eigenvalue weighted by Crippen LogP contribution is -2.36. The maximum atomic E-state index is 5.58. The summed E-state index contributed by atoms with van der Waals surface area (Å²) >= 11 is 5.58. The molecule has 0 radical (unpaired) electrons. The number of para-hydroxylation sites is 1. The van der Waals surface area contributed by atoms with Crippen LogP contribution in [-0.2, 0) is 0 Å². The van der Waals surface area contributed by atoms with Gasteiger partial charge in [0, 0.05) is 12.2 Å². The summed E-state index contributed by atoms with van der Waals surface area (Å²) in [6.07, 6.45) is 3.06. The normalized spacial score (nSPS) is 24.5. The number of nitrogens with zero attached hydrogens (tertiary/aromatic N) is 2. The van der Waals surface area contributed by atoms with Gasteiger partial charge in [0.1, 0.15) is 0 Å². The van der Waals surface area contributed by atoms with Crippen LogP contribution < -0.4 is 4.90 Å². The van der Waals surface area contributed by atoms with Gasteiger partial charge in [0.2, 0.25) is 0 Å². The molecule has 2 saturated heterocycles. The van der Waals surface area contributed by atoms with Gasteiger partial charge in [-0.3, -0.25) is 4.90 Å². The Morgan fingerprint density at radius 3 is 2.65 bits per heavy atom. The number of anilines is 1. The summed E-state index contributed by atoms with van der Waals surface area (Å²) in [5.41, 5.74) is 4.01. The van der Waals surface area contributed by atoms with Gasteiger partial charge in [0.05, 0.1) is 17.7 Å². The summed E-state index contributed by atoms with van der Waals surface area (Å²) in [6, 6.07) is 6.49. The summed E-state index contributed by atoms with van der Waals surface area (Å²) in [6.45, 7) is 6.53. The third-order valence-electron chi connectivity index (χ3n) is 3.91. The molecule has 17 heavy (non-hydrogen) atoms. The summed E-state index contributed by atoms with van der Waals surface area (Å²) in [7, 11) is 0. The van der Waals surface area contributed by atoms with E-state index in [0.29, 0.717) is 6.17 Å². The van der Waals surface area contributed by atoms with Gasteiger partial charge in [0.15, 0.2) is 0 Å². The summed E-state index contributed by atoms with van der Waals surface area (Å²) in [5, 5.41) is 0. The van der Waals surface area contributed by atoms with Gasteiger partial charge in [-0.2, -0.15) is 0 Å². The molecule has 0 bridgehead atoms. The zero-order valence-electron chi connectivity index (χ0n) is 10.4. The van der Waals surface area contributed by atoms with E-state index in [0.717, 1.165) is 11.5 Å². The first-order valence-corrected chi connectivity index (χ1v) is 6.71. The topological polar surface area (TPSA) is 6.48 Å². The number of aryl methyl sites for hydroxylation is 2.